The molecule has 0 aliphatic carbocycles. The summed E-state index contributed by atoms with van der Waals surface area (Å²) in [5, 5.41) is 2.20. The molecule has 1 aromatic carbocycles. The first-order valence-electron chi connectivity index (χ1n) is 4.31. The van der Waals surface area contributed by atoms with Crippen LogP contribution in [-0.4, -0.2) is 5.78 Å². The molecule has 0 atom stereocenters. The summed E-state index contributed by atoms with van der Waals surface area (Å²) in [6.45, 7) is 0. The molecule has 0 amide bonds. The molecule has 0 saturated carbocycles. The van der Waals surface area contributed by atoms with E-state index in [0.29, 0.717) is 16.1 Å². The molecule has 15 heavy (non-hydrogen) atoms. The van der Waals surface area contributed by atoms with E-state index in [0.717, 1.165) is 0 Å². The number of ketones is 1. The molecule has 0 aliphatic heterocycles. The van der Waals surface area contributed by atoms with Crippen molar-refractivity contribution >= 4 is 22.1 Å². The van der Waals surface area contributed by atoms with Gasteiger partial charge in [0.25, 0.3) is 0 Å². The Morgan fingerprint density at radius 1 is 1.33 bits per heavy atom. The van der Waals surface area contributed by atoms with Crippen LogP contribution in [-0.2, 0) is 0 Å². The zero-order valence-corrected chi connectivity index (χ0v) is 8.55. The average molecular weight is 221 g/mol. The largest absolute Gasteiger partial charge is 0.390 e. The molecule has 0 radical (unpaired) electrons. The molecule has 1 aromatic heterocycles. The van der Waals surface area contributed by atoms with Crippen molar-refractivity contribution in [1.82, 2.24) is 0 Å². The summed E-state index contributed by atoms with van der Waals surface area (Å²) in [6, 6.07) is 7.23. The van der Waals surface area contributed by atoms with Gasteiger partial charge in [-0.25, -0.2) is 4.39 Å². The van der Waals surface area contributed by atoms with Crippen molar-refractivity contribution in [2.45, 2.75) is 0 Å². The number of nitrogens with two attached hydrogens (primary N) is 1. The second kappa shape index (κ2) is 3.82. The Morgan fingerprint density at radius 3 is 2.73 bits per heavy atom. The number of hydrogen-bond acceptors (Lipinski definition) is 3. The minimum atomic E-state index is -0.422. The lowest BCUT2D eigenvalue weighted by Crippen LogP contribution is -2.02. The first kappa shape index (κ1) is 9.86. The molecular formula is C11H8FNOS. The maximum Gasteiger partial charge on any atom is 0.196 e. The van der Waals surface area contributed by atoms with Crippen molar-refractivity contribution in [2.24, 2.45) is 0 Å². The monoisotopic (exact) mass is 221 g/mol. The maximum absolute atomic E-state index is 12.9. The fourth-order valence-electron chi connectivity index (χ4n) is 1.29. The molecule has 2 N–H and O–H groups in total. The summed E-state index contributed by atoms with van der Waals surface area (Å²) in [5.74, 6) is -0.664. The SMILES string of the molecule is Nc1sccc1C(=O)c1cccc(F)c1. The highest BCUT2D eigenvalue weighted by atomic mass is 32.1. The summed E-state index contributed by atoms with van der Waals surface area (Å²) in [4.78, 5) is 11.8. The van der Waals surface area contributed by atoms with Gasteiger partial charge in [0.05, 0.1) is 10.6 Å². The van der Waals surface area contributed by atoms with E-state index in [1.807, 2.05) is 0 Å². The van der Waals surface area contributed by atoms with E-state index in [4.69, 9.17) is 5.73 Å². The second-order valence-electron chi connectivity index (χ2n) is 3.04. The standard InChI is InChI=1S/C11H8FNOS/c12-8-3-1-2-7(6-8)10(14)9-4-5-15-11(9)13/h1-6H,13H2. The lowest BCUT2D eigenvalue weighted by atomic mass is 10.1. The van der Waals surface area contributed by atoms with Crippen molar-refractivity contribution in [2.75, 3.05) is 5.73 Å². The smallest absolute Gasteiger partial charge is 0.196 e. The van der Waals surface area contributed by atoms with E-state index in [2.05, 4.69) is 0 Å². The second-order valence-corrected chi connectivity index (χ2v) is 3.99. The highest BCUT2D eigenvalue weighted by molar-refractivity contribution is 7.14. The maximum atomic E-state index is 12.9. The zero-order valence-electron chi connectivity index (χ0n) is 7.74. The number of carbonyl (C=O) groups excluding carboxylic acids is 1. The summed E-state index contributed by atoms with van der Waals surface area (Å²) in [6.07, 6.45) is 0. The Morgan fingerprint density at radius 2 is 2.13 bits per heavy atom. The van der Waals surface area contributed by atoms with E-state index in [-0.39, 0.29) is 5.78 Å². The van der Waals surface area contributed by atoms with E-state index in [9.17, 15) is 9.18 Å². The molecule has 2 rings (SSSR count). The number of anilines is 1. The number of carbonyl (C=O) groups is 1. The molecule has 0 fully saturated rings. The number of thiophene rings is 1. The predicted molar refractivity (Wildman–Crippen MR) is 58.6 cm³/mol. The molecule has 76 valence electrons. The van der Waals surface area contributed by atoms with Crippen molar-refractivity contribution in [3.63, 3.8) is 0 Å². The van der Waals surface area contributed by atoms with Gasteiger partial charge in [0.2, 0.25) is 0 Å². The van der Waals surface area contributed by atoms with Gasteiger partial charge in [0.15, 0.2) is 5.78 Å². The predicted octanol–water partition coefficient (Wildman–Crippen LogP) is 2.70. The van der Waals surface area contributed by atoms with Gasteiger partial charge >= 0.3 is 0 Å². The van der Waals surface area contributed by atoms with Crippen LogP contribution in [0.5, 0.6) is 0 Å². The molecule has 0 unspecified atom stereocenters. The van der Waals surface area contributed by atoms with Crippen molar-refractivity contribution in [3.05, 3.63) is 52.7 Å². The number of hydrogen-bond donors (Lipinski definition) is 1. The molecule has 0 saturated heterocycles. The number of benzene rings is 1. The lowest BCUT2D eigenvalue weighted by Gasteiger charge is -1.99. The van der Waals surface area contributed by atoms with Crippen LogP contribution < -0.4 is 5.73 Å². The average Bonchev–Trinajstić information content (AvgIpc) is 2.63. The van der Waals surface area contributed by atoms with Gasteiger partial charge in [0.1, 0.15) is 5.82 Å². The highest BCUT2D eigenvalue weighted by Crippen LogP contribution is 2.22. The van der Waals surface area contributed by atoms with Crippen LogP contribution in [0.25, 0.3) is 0 Å². The Hall–Kier alpha value is -1.68. The minimum absolute atomic E-state index is 0.242. The molecule has 2 aromatic rings. The van der Waals surface area contributed by atoms with E-state index in [1.54, 1.807) is 17.5 Å². The number of halogens is 1. The van der Waals surface area contributed by atoms with E-state index in [1.165, 1.54) is 29.5 Å². The van der Waals surface area contributed by atoms with Crippen molar-refractivity contribution in [1.29, 1.82) is 0 Å². The topological polar surface area (TPSA) is 43.1 Å². The molecule has 1 heterocycles. The van der Waals surface area contributed by atoms with Gasteiger partial charge in [-0.05, 0) is 23.6 Å². The van der Waals surface area contributed by atoms with Gasteiger partial charge < -0.3 is 5.73 Å². The van der Waals surface area contributed by atoms with Crippen LogP contribution in [0.4, 0.5) is 9.39 Å². The van der Waals surface area contributed by atoms with Crippen LogP contribution in [0.3, 0.4) is 0 Å². The van der Waals surface area contributed by atoms with Crippen LogP contribution in [0.2, 0.25) is 0 Å². The number of rotatable bonds is 2. The Bertz CT molecular complexity index is 507. The fourth-order valence-corrected chi connectivity index (χ4v) is 1.93. The van der Waals surface area contributed by atoms with Crippen LogP contribution >= 0.6 is 11.3 Å². The van der Waals surface area contributed by atoms with E-state index < -0.39 is 5.82 Å². The van der Waals surface area contributed by atoms with Gasteiger partial charge in [-0.1, -0.05) is 12.1 Å². The normalized spacial score (nSPS) is 10.2. The summed E-state index contributed by atoms with van der Waals surface area (Å²) in [7, 11) is 0. The molecule has 0 spiro atoms. The summed E-state index contributed by atoms with van der Waals surface area (Å²) < 4.78 is 12.9. The van der Waals surface area contributed by atoms with Crippen LogP contribution in [0, 0.1) is 5.82 Å². The number of nitrogen functional groups attached to an aromatic ring is 1. The third-order valence-electron chi connectivity index (χ3n) is 2.03. The summed E-state index contributed by atoms with van der Waals surface area (Å²) >= 11 is 1.29. The Kier molecular flexibility index (Phi) is 2.51. The third kappa shape index (κ3) is 1.89. The Labute approximate surface area is 90.2 Å². The Balaban J connectivity index is 2.41. The summed E-state index contributed by atoms with van der Waals surface area (Å²) in [5.41, 5.74) is 6.38. The fraction of sp³-hybridized carbons (Fsp3) is 0. The van der Waals surface area contributed by atoms with Gasteiger partial charge in [-0.2, -0.15) is 0 Å². The van der Waals surface area contributed by atoms with Crippen molar-refractivity contribution < 1.29 is 9.18 Å². The quantitative estimate of drug-likeness (QED) is 0.792. The molecule has 0 bridgehead atoms. The van der Waals surface area contributed by atoms with Crippen molar-refractivity contribution in [3.8, 4) is 0 Å². The highest BCUT2D eigenvalue weighted by Gasteiger charge is 2.13. The minimum Gasteiger partial charge on any atom is -0.390 e. The molecule has 0 aliphatic rings. The third-order valence-corrected chi connectivity index (χ3v) is 2.77. The van der Waals surface area contributed by atoms with Crippen LogP contribution in [0.15, 0.2) is 35.7 Å². The zero-order chi connectivity index (χ0) is 10.8. The molecular weight excluding hydrogens is 213 g/mol. The molecule has 2 nitrogen and oxygen atoms in total. The lowest BCUT2D eigenvalue weighted by molar-refractivity contribution is 0.103. The van der Waals surface area contributed by atoms with E-state index >= 15 is 0 Å². The first-order chi connectivity index (χ1) is 7.18. The van der Waals surface area contributed by atoms with Crippen LogP contribution in [0.1, 0.15) is 15.9 Å². The molecule has 4 heteroatoms. The first-order valence-corrected chi connectivity index (χ1v) is 5.19. The van der Waals surface area contributed by atoms with Gasteiger partial charge in [0, 0.05) is 5.56 Å². The van der Waals surface area contributed by atoms with Gasteiger partial charge in [-0.3, -0.25) is 4.79 Å². The van der Waals surface area contributed by atoms with Gasteiger partial charge in [-0.15, -0.1) is 11.3 Å².